The van der Waals surface area contributed by atoms with E-state index in [1.54, 1.807) is 0 Å². The summed E-state index contributed by atoms with van der Waals surface area (Å²) < 4.78 is 11.2. The highest BCUT2D eigenvalue weighted by Gasteiger charge is 2.16. The van der Waals surface area contributed by atoms with Gasteiger partial charge in [0, 0.05) is 17.4 Å². The van der Waals surface area contributed by atoms with Crippen molar-refractivity contribution in [1.82, 2.24) is 0 Å². The summed E-state index contributed by atoms with van der Waals surface area (Å²) in [5.41, 5.74) is 5.00. The van der Waals surface area contributed by atoms with E-state index in [9.17, 15) is 4.79 Å². The molecular formula is C22H30N2O3. The topological polar surface area (TPSA) is 59.6 Å². The van der Waals surface area contributed by atoms with Crippen LogP contribution < -0.4 is 20.1 Å². The van der Waals surface area contributed by atoms with Crippen molar-refractivity contribution >= 4 is 17.3 Å². The Morgan fingerprint density at radius 1 is 0.963 bits per heavy atom. The molecule has 2 rings (SSSR count). The predicted octanol–water partition coefficient (Wildman–Crippen LogP) is 4.85. The number of anilines is 2. The van der Waals surface area contributed by atoms with Gasteiger partial charge in [-0.3, -0.25) is 4.79 Å². The lowest BCUT2D eigenvalue weighted by atomic mass is 10.0. The Kier molecular flexibility index (Phi) is 7.11. The fraction of sp³-hybridized carbons (Fsp3) is 0.409. The number of ether oxygens (including phenoxy) is 2. The van der Waals surface area contributed by atoms with Crippen molar-refractivity contribution in [2.75, 3.05) is 23.8 Å². The maximum atomic E-state index is 12.7. The number of rotatable bonds is 8. The lowest BCUT2D eigenvalue weighted by molar-refractivity contribution is -0.116. The van der Waals surface area contributed by atoms with Gasteiger partial charge in [0.15, 0.2) is 11.5 Å². The molecule has 0 aliphatic rings. The second-order valence-electron chi connectivity index (χ2n) is 6.66. The first-order chi connectivity index (χ1) is 12.8. The first kappa shape index (κ1) is 20.6. The van der Waals surface area contributed by atoms with Crippen LogP contribution in [-0.4, -0.2) is 25.2 Å². The van der Waals surface area contributed by atoms with Gasteiger partial charge in [-0.1, -0.05) is 17.7 Å². The molecule has 2 N–H and O–H groups in total. The Labute approximate surface area is 162 Å². The molecule has 27 heavy (non-hydrogen) atoms. The molecule has 2 aromatic rings. The van der Waals surface area contributed by atoms with Gasteiger partial charge in [0.2, 0.25) is 5.91 Å². The predicted molar refractivity (Wildman–Crippen MR) is 111 cm³/mol. The zero-order chi connectivity index (χ0) is 20.0. The van der Waals surface area contributed by atoms with Crippen molar-refractivity contribution in [2.45, 2.75) is 47.6 Å². The van der Waals surface area contributed by atoms with Gasteiger partial charge < -0.3 is 20.1 Å². The molecule has 0 fully saturated rings. The van der Waals surface area contributed by atoms with Crippen LogP contribution in [0.3, 0.4) is 0 Å². The molecule has 0 heterocycles. The number of benzene rings is 2. The highest BCUT2D eigenvalue weighted by molar-refractivity contribution is 5.97. The molecule has 5 nitrogen and oxygen atoms in total. The number of nitrogens with one attached hydrogen (secondary N) is 2. The van der Waals surface area contributed by atoms with Crippen LogP contribution in [0.5, 0.6) is 11.5 Å². The molecule has 0 aliphatic carbocycles. The molecule has 0 spiro atoms. The number of carbonyl (C=O) groups is 1. The number of amides is 1. The summed E-state index contributed by atoms with van der Waals surface area (Å²) in [5.74, 6) is 1.28. The van der Waals surface area contributed by atoms with Gasteiger partial charge in [-0.15, -0.1) is 0 Å². The lowest BCUT2D eigenvalue weighted by Crippen LogP contribution is -2.32. The van der Waals surface area contributed by atoms with Crippen molar-refractivity contribution < 1.29 is 14.3 Å². The standard InChI is InChI=1S/C22H30N2O3/c1-7-26-19-10-9-18(13-20(19)27-8-2)23-17(6)22(25)24-21-15(4)11-14(3)12-16(21)5/h9-13,17,23H,7-8H2,1-6H3,(H,24,25)/t17-/m1/s1. The average molecular weight is 370 g/mol. The Bertz CT molecular complexity index is 779. The Morgan fingerprint density at radius 3 is 2.15 bits per heavy atom. The van der Waals surface area contributed by atoms with E-state index in [1.165, 1.54) is 5.56 Å². The SMILES string of the molecule is CCOc1ccc(N[C@H](C)C(=O)Nc2c(C)cc(C)cc2C)cc1OCC. The van der Waals surface area contributed by atoms with Crippen molar-refractivity contribution in [1.29, 1.82) is 0 Å². The zero-order valence-electron chi connectivity index (χ0n) is 17.1. The molecule has 0 unspecified atom stereocenters. The molecule has 0 saturated heterocycles. The van der Waals surface area contributed by atoms with Gasteiger partial charge in [-0.25, -0.2) is 0 Å². The van der Waals surface area contributed by atoms with Crippen LogP contribution in [-0.2, 0) is 4.79 Å². The van der Waals surface area contributed by atoms with E-state index in [1.807, 2.05) is 52.8 Å². The molecule has 0 bridgehead atoms. The molecule has 1 amide bonds. The number of carbonyl (C=O) groups excluding carboxylic acids is 1. The summed E-state index contributed by atoms with van der Waals surface area (Å²) >= 11 is 0. The Hall–Kier alpha value is -2.69. The fourth-order valence-corrected chi connectivity index (χ4v) is 3.07. The second kappa shape index (κ2) is 9.31. The molecule has 0 aliphatic heterocycles. The third-order valence-corrected chi connectivity index (χ3v) is 4.25. The number of hydrogen-bond acceptors (Lipinski definition) is 4. The Balaban J connectivity index is 2.11. The van der Waals surface area contributed by atoms with Crippen molar-refractivity contribution in [3.63, 3.8) is 0 Å². The summed E-state index contributed by atoms with van der Waals surface area (Å²) in [6.07, 6.45) is 0. The largest absolute Gasteiger partial charge is 0.490 e. The summed E-state index contributed by atoms with van der Waals surface area (Å²) in [6.45, 7) is 12.9. The van der Waals surface area contributed by atoms with Gasteiger partial charge in [0.1, 0.15) is 6.04 Å². The zero-order valence-corrected chi connectivity index (χ0v) is 17.1. The summed E-state index contributed by atoms with van der Waals surface area (Å²) in [7, 11) is 0. The molecule has 0 saturated carbocycles. The van der Waals surface area contributed by atoms with E-state index in [0.29, 0.717) is 24.7 Å². The lowest BCUT2D eigenvalue weighted by Gasteiger charge is -2.19. The molecular weight excluding hydrogens is 340 g/mol. The number of hydrogen-bond donors (Lipinski definition) is 2. The second-order valence-corrected chi connectivity index (χ2v) is 6.66. The highest BCUT2D eigenvalue weighted by atomic mass is 16.5. The highest BCUT2D eigenvalue weighted by Crippen LogP contribution is 2.31. The van der Waals surface area contributed by atoms with Gasteiger partial charge in [0.25, 0.3) is 0 Å². The summed E-state index contributed by atoms with van der Waals surface area (Å²) in [4.78, 5) is 12.7. The number of aryl methyl sites for hydroxylation is 3. The van der Waals surface area contributed by atoms with Crippen LogP contribution in [0.4, 0.5) is 11.4 Å². The summed E-state index contributed by atoms with van der Waals surface area (Å²) in [6, 6.07) is 9.34. The quantitative estimate of drug-likeness (QED) is 0.697. The monoisotopic (exact) mass is 370 g/mol. The van der Waals surface area contributed by atoms with E-state index in [2.05, 4.69) is 29.7 Å². The van der Waals surface area contributed by atoms with Crippen molar-refractivity contribution in [2.24, 2.45) is 0 Å². The van der Waals surface area contributed by atoms with Gasteiger partial charge in [0.05, 0.1) is 13.2 Å². The minimum absolute atomic E-state index is 0.0862. The maximum absolute atomic E-state index is 12.7. The molecule has 0 aromatic heterocycles. The van der Waals surface area contributed by atoms with Crippen LogP contribution in [0.2, 0.25) is 0 Å². The van der Waals surface area contributed by atoms with E-state index in [0.717, 1.165) is 22.5 Å². The molecule has 0 radical (unpaired) electrons. The van der Waals surface area contributed by atoms with E-state index < -0.39 is 6.04 Å². The third-order valence-electron chi connectivity index (χ3n) is 4.25. The van der Waals surface area contributed by atoms with E-state index >= 15 is 0 Å². The summed E-state index contributed by atoms with van der Waals surface area (Å²) in [5, 5.41) is 6.27. The van der Waals surface area contributed by atoms with Crippen LogP contribution in [0.1, 0.15) is 37.5 Å². The molecule has 5 heteroatoms. The van der Waals surface area contributed by atoms with Gasteiger partial charge in [-0.2, -0.15) is 0 Å². The minimum atomic E-state index is -0.405. The molecule has 1 atom stereocenters. The van der Waals surface area contributed by atoms with Crippen molar-refractivity contribution in [3.05, 3.63) is 47.0 Å². The molecule has 2 aromatic carbocycles. The van der Waals surface area contributed by atoms with Gasteiger partial charge in [-0.05, 0) is 64.8 Å². The van der Waals surface area contributed by atoms with Crippen molar-refractivity contribution in [3.8, 4) is 11.5 Å². The van der Waals surface area contributed by atoms with Crippen LogP contribution in [0.15, 0.2) is 30.3 Å². The molecule has 146 valence electrons. The maximum Gasteiger partial charge on any atom is 0.246 e. The van der Waals surface area contributed by atoms with Crippen LogP contribution >= 0.6 is 0 Å². The first-order valence-corrected chi connectivity index (χ1v) is 9.40. The van der Waals surface area contributed by atoms with E-state index in [4.69, 9.17) is 9.47 Å². The fourth-order valence-electron chi connectivity index (χ4n) is 3.07. The normalized spacial score (nSPS) is 11.6. The Morgan fingerprint density at radius 2 is 1.56 bits per heavy atom. The van der Waals surface area contributed by atoms with Gasteiger partial charge >= 0.3 is 0 Å². The average Bonchev–Trinajstić information content (AvgIpc) is 2.60. The van der Waals surface area contributed by atoms with Crippen LogP contribution in [0.25, 0.3) is 0 Å². The van der Waals surface area contributed by atoms with Crippen LogP contribution in [0, 0.1) is 20.8 Å². The third kappa shape index (κ3) is 5.39. The first-order valence-electron chi connectivity index (χ1n) is 9.40. The van der Waals surface area contributed by atoms with E-state index in [-0.39, 0.29) is 5.91 Å². The smallest absolute Gasteiger partial charge is 0.246 e. The minimum Gasteiger partial charge on any atom is -0.490 e.